The maximum atomic E-state index is 5.47. The molecular weight excluding hydrogens is 242 g/mol. The Balaban J connectivity index is 1.92. The van der Waals surface area contributed by atoms with Gasteiger partial charge < -0.3 is 9.84 Å². The molecule has 0 saturated carbocycles. The summed E-state index contributed by atoms with van der Waals surface area (Å²) in [7, 11) is 0. The van der Waals surface area contributed by atoms with Crippen LogP contribution in [0.3, 0.4) is 0 Å². The first-order valence-electron chi connectivity index (χ1n) is 6.70. The molecule has 2 aromatic heterocycles. The van der Waals surface area contributed by atoms with Crippen LogP contribution in [-0.4, -0.2) is 26.7 Å². The highest BCUT2D eigenvalue weighted by molar-refractivity contribution is 5.45. The van der Waals surface area contributed by atoms with Crippen LogP contribution < -0.4 is 5.32 Å². The molecule has 19 heavy (non-hydrogen) atoms. The molecule has 1 unspecified atom stereocenters. The normalized spacial score (nSPS) is 22.8. The average Bonchev–Trinajstić information content (AvgIpc) is 3.09. The van der Waals surface area contributed by atoms with Crippen LogP contribution in [0.5, 0.6) is 0 Å². The second-order valence-electron chi connectivity index (χ2n) is 4.88. The van der Waals surface area contributed by atoms with Crippen LogP contribution >= 0.6 is 0 Å². The van der Waals surface area contributed by atoms with E-state index in [-0.39, 0.29) is 5.54 Å². The first-order chi connectivity index (χ1) is 9.34. The number of hydrogen-bond donors (Lipinski definition) is 1. The van der Waals surface area contributed by atoms with E-state index in [2.05, 4.69) is 32.3 Å². The smallest absolute Gasteiger partial charge is 0.247 e. The highest BCUT2D eigenvalue weighted by Gasteiger charge is 2.39. The predicted octanol–water partition coefficient (Wildman–Crippen LogP) is 1.91. The monoisotopic (exact) mass is 259 g/mol. The summed E-state index contributed by atoms with van der Waals surface area (Å²) in [6.07, 6.45) is 9.17. The first kappa shape index (κ1) is 12.2. The van der Waals surface area contributed by atoms with E-state index in [1.807, 2.05) is 0 Å². The lowest BCUT2D eigenvalue weighted by Gasteiger charge is -2.24. The molecule has 0 spiro atoms. The second-order valence-corrected chi connectivity index (χ2v) is 4.88. The lowest BCUT2D eigenvalue weighted by Crippen LogP contribution is -2.36. The van der Waals surface area contributed by atoms with Crippen LogP contribution in [0, 0.1) is 0 Å². The molecule has 0 aromatic carbocycles. The van der Waals surface area contributed by atoms with Crippen molar-refractivity contribution in [3.05, 3.63) is 24.5 Å². The Morgan fingerprint density at radius 3 is 3.05 bits per heavy atom. The third-order valence-corrected chi connectivity index (χ3v) is 3.55. The largest absolute Gasteiger partial charge is 0.337 e. The van der Waals surface area contributed by atoms with E-state index >= 15 is 0 Å². The van der Waals surface area contributed by atoms with E-state index in [1.165, 1.54) is 0 Å². The van der Waals surface area contributed by atoms with Gasteiger partial charge in [-0.05, 0) is 25.8 Å². The Bertz CT molecular complexity index is 533. The van der Waals surface area contributed by atoms with Crippen LogP contribution in [-0.2, 0) is 5.54 Å². The molecule has 1 atom stereocenters. The third kappa shape index (κ3) is 2.23. The highest BCUT2D eigenvalue weighted by atomic mass is 16.5. The molecule has 6 heteroatoms. The van der Waals surface area contributed by atoms with Gasteiger partial charge in [-0.1, -0.05) is 18.5 Å². The zero-order chi connectivity index (χ0) is 13.1. The van der Waals surface area contributed by atoms with Crippen LogP contribution in [0.2, 0.25) is 0 Å². The third-order valence-electron chi connectivity index (χ3n) is 3.55. The molecule has 1 N–H and O–H groups in total. The van der Waals surface area contributed by atoms with Crippen molar-refractivity contribution in [2.24, 2.45) is 0 Å². The van der Waals surface area contributed by atoms with Gasteiger partial charge in [0.05, 0.1) is 11.7 Å². The molecule has 3 heterocycles. The van der Waals surface area contributed by atoms with Gasteiger partial charge in [-0.25, -0.2) is 4.98 Å². The molecule has 100 valence electrons. The van der Waals surface area contributed by atoms with Crippen LogP contribution in [0.1, 0.15) is 38.5 Å². The van der Waals surface area contributed by atoms with Gasteiger partial charge in [0.25, 0.3) is 0 Å². The van der Waals surface area contributed by atoms with Crippen molar-refractivity contribution in [1.82, 2.24) is 25.4 Å². The summed E-state index contributed by atoms with van der Waals surface area (Å²) >= 11 is 0. The minimum absolute atomic E-state index is 0.151. The Hall–Kier alpha value is -1.82. The van der Waals surface area contributed by atoms with Gasteiger partial charge in [0.15, 0.2) is 0 Å². The lowest BCUT2D eigenvalue weighted by atomic mass is 9.92. The zero-order valence-corrected chi connectivity index (χ0v) is 11.0. The molecule has 1 saturated heterocycles. The van der Waals surface area contributed by atoms with Gasteiger partial charge in [0.1, 0.15) is 5.69 Å². The fraction of sp³-hybridized carbons (Fsp3) is 0.538. The van der Waals surface area contributed by atoms with E-state index in [0.29, 0.717) is 17.4 Å². The Labute approximate surface area is 111 Å². The Morgan fingerprint density at radius 2 is 2.37 bits per heavy atom. The van der Waals surface area contributed by atoms with Crippen molar-refractivity contribution < 1.29 is 4.52 Å². The topological polar surface area (TPSA) is 76.7 Å². The molecule has 1 aliphatic heterocycles. The van der Waals surface area contributed by atoms with Crippen molar-refractivity contribution >= 4 is 0 Å². The van der Waals surface area contributed by atoms with E-state index in [0.717, 1.165) is 32.2 Å². The fourth-order valence-corrected chi connectivity index (χ4v) is 2.67. The van der Waals surface area contributed by atoms with Gasteiger partial charge in [-0.2, -0.15) is 4.98 Å². The summed E-state index contributed by atoms with van der Waals surface area (Å²) in [4.78, 5) is 12.7. The highest BCUT2D eigenvalue weighted by Crippen LogP contribution is 2.34. The van der Waals surface area contributed by atoms with E-state index in [1.54, 1.807) is 18.6 Å². The Morgan fingerprint density at radius 1 is 1.42 bits per heavy atom. The minimum Gasteiger partial charge on any atom is -0.337 e. The average molecular weight is 259 g/mol. The van der Waals surface area contributed by atoms with Crippen molar-refractivity contribution in [1.29, 1.82) is 0 Å². The summed E-state index contributed by atoms with van der Waals surface area (Å²) in [5.74, 6) is 1.18. The molecule has 2 aromatic rings. The molecule has 0 bridgehead atoms. The van der Waals surface area contributed by atoms with Crippen LogP contribution in [0.4, 0.5) is 0 Å². The molecule has 3 rings (SSSR count). The van der Waals surface area contributed by atoms with E-state index in [9.17, 15) is 0 Å². The molecule has 0 amide bonds. The van der Waals surface area contributed by atoms with Gasteiger partial charge >= 0.3 is 0 Å². The van der Waals surface area contributed by atoms with Crippen molar-refractivity contribution in [3.63, 3.8) is 0 Å². The SMILES string of the molecule is CCCC1(c2nc(-c3cnccn3)no2)CCCN1. The lowest BCUT2D eigenvalue weighted by molar-refractivity contribution is 0.241. The predicted molar refractivity (Wildman–Crippen MR) is 69.1 cm³/mol. The molecule has 1 fully saturated rings. The van der Waals surface area contributed by atoms with Crippen molar-refractivity contribution in [2.45, 2.75) is 38.1 Å². The molecule has 0 aliphatic carbocycles. The zero-order valence-electron chi connectivity index (χ0n) is 11.0. The standard InChI is InChI=1S/C13H17N5O/c1-2-4-13(5-3-6-16-13)12-17-11(18-19-12)10-9-14-7-8-15-10/h7-9,16H,2-6H2,1H3. The van der Waals surface area contributed by atoms with E-state index in [4.69, 9.17) is 4.52 Å². The first-order valence-corrected chi connectivity index (χ1v) is 6.70. The molecule has 0 radical (unpaired) electrons. The molecule has 1 aliphatic rings. The van der Waals surface area contributed by atoms with Gasteiger partial charge in [0, 0.05) is 12.4 Å². The summed E-state index contributed by atoms with van der Waals surface area (Å²) in [6, 6.07) is 0. The van der Waals surface area contributed by atoms with Crippen LogP contribution in [0.15, 0.2) is 23.1 Å². The number of nitrogens with zero attached hydrogens (tertiary/aromatic N) is 4. The number of nitrogens with one attached hydrogen (secondary N) is 1. The Kier molecular flexibility index (Phi) is 3.25. The number of hydrogen-bond acceptors (Lipinski definition) is 6. The number of aromatic nitrogens is 4. The fourth-order valence-electron chi connectivity index (χ4n) is 2.67. The van der Waals surface area contributed by atoms with Crippen LogP contribution in [0.25, 0.3) is 11.5 Å². The molecular formula is C13H17N5O. The van der Waals surface area contributed by atoms with Crippen molar-refractivity contribution in [2.75, 3.05) is 6.54 Å². The maximum Gasteiger partial charge on any atom is 0.247 e. The summed E-state index contributed by atoms with van der Waals surface area (Å²) in [6.45, 7) is 3.17. The minimum atomic E-state index is -0.151. The van der Waals surface area contributed by atoms with Crippen molar-refractivity contribution in [3.8, 4) is 11.5 Å². The van der Waals surface area contributed by atoms with E-state index < -0.39 is 0 Å². The quantitative estimate of drug-likeness (QED) is 0.903. The number of rotatable bonds is 4. The van der Waals surface area contributed by atoms with Gasteiger partial charge in [0.2, 0.25) is 11.7 Å². The van der Waals surface area contributed by atoms with Gasteiger partial charge in [-0.3, -0.25) is 4.98 Å². The summed E-state index contributed by atoms with van der Waals surface area (Å²) in [5.41, 5.74) is 0.490. The maximum absolute atomic E-state index is 5.47. The second kappa shape index (κ2) is 5.05. The summed E-state index contributed by atoms with van der Waals surface area (Å²) < 4.78 is 5.47. The van der Waals surface area contributed by atoms with Gasteiger partial charge in [-0.15, -0.1) is 0 Å². The molecule has 6 nitrogen and oxygen atoms in total. The summed E-state index contributed by atoms with van der Waals surface area (Å²) in [5, 5.41) is 7.55.